The fourth-order valence-corrected chi connectivity index (χ4v) is 0.588. The highest BCUT2D eigenvalue weighted by Gasteiger charge is 1.94. The van der Waals surface area contributed by atoms with Gasteiger partial charge in [-0.1, -0.05) is 0 Å². The summed E-state index contributed by atoms with van der Waals surface area (Å²) in [4.78, 5) is 0. The molecule has 1 unspecified atom stereocenters. The average Bonchev–Trinajstić information content (AvgIpc) is 1.87. The molecule has 0 aliphatic rings. The van der Waals surface area contributed by atoms with E-state index < -0.39 is 6.10 Å². The minimum absolute atomic E-state index is 0.0624. The molecule has 0 fully saturated rings. The largest absolute Gasteiger partial charge is 0.394 e. The second kappa shape index (κ2) is 6.99. The fourth-order valence-electron chi connectivity index (χ4n) is 0.588. The van der Waals surface area contributed by atoms with Crippen molar-refractivity contribution in [1.82, 2.24) is 0 Å². The maximum atomic E-state index is 8.69. The number of hydrogen-bond acceptors (Lipinski definition) is 3. The molecule has 0 saturated carbocycles. The van der Waals surface area contributed by atoms with Crippen LogP contribution >= 0.6 is 0 Å². The normalized spacial score (nSPS) is 13.5. The van der Waals surface area contributed by atoms with Gasteiger partial charge in [-0.3, -0.25) is 0 Å². The molecular weight excluding hydrogens is 132 g/mol. The second-order valence-electron chi connectivity index (χ2n) is 2.13. The molecule has 0 saturated heterocycles. The molecule has 1 atom stereocenters. The maximum Gasteiger partial charge on any atom is 0.0697 e. The van der Waals surface area contributed by atoms with Crippen molar-refractivity contribution < 1.29 is 14.9 Å². The van der Waals surface area contributed by atoms with Gasteiger partial charge in [0.1, 0.15) is 0 Å². The number of aliphatic hydroxyl groups is 2. The van der Waals surface area contributed by atoms with E-state index in [1.165, 1.54) is 0 Å². The van der Waals surface area contributed by atoms with Crippen LogP contribution in [-0.4, -0.2) is 36.1 Å². The molecule has 0 aromatic rings. The summed E-state index contributed by atoms with van der Waals surface area (Å²) in [6.45, 7) is 4.44. The number of hydrogen-bond donors (Lipinski definition) is 2. The molecule has 0 heterocycles. The first-order chi connectivity index (χ1) is 4.77. The highest BCUT2D eigenvalue weighted by molar-refractivity contribution is 4.55. The molecule has 3 nitrogen and oxygen atoms in total. The quantitative estimate of drug-likeness (QED) is 0.519. The van der Waals surface area contributed by atoms with E-state index in [4.69, 9.17) is 14.9 Å². The molecule has 61 valence electrons. The Morgan fingerprint density at radius 1 is 1.40 bits per heavy atom. The highest BCUT2D eigenvalue weighted by Crippen LogP contribution is 1.94. The Labute approximate surface area is 61.6 Å². The summed E-state index contributed by atoms with van der Waals surface area (Å²) in [6.07, 6.45) is 0.966. The van der Waals surface area contributed by atoms with Crippen molar-refractivity contribution in [1.29, 1.82) is 0 Å². The van der Waals surface area contributed by atoms with Gasteiger partial charge in [-0.05, 0) is 19.8 Å². The summed E-state index contributed by atoms with van der Waals surface area (Å²) in [6, 6.07) is 0. The Morgan fingerprint density at radius 2 is 2.10 bits per heavy atom. The summed E-state index contributed by atoms with van der Waals surface area (Å²) in [5, 5.41) is 17.0. The fraction of sp³-hybridized carbons (Fsp3) is 0.857. The lowest BCUT2D eigenvalue weighted by Gasteiger charge is -2.03. The Hall–Kier alpha value is -0.120. The SMILES string of the molecule is [CH2]C(O)CCCOCCO. The zero-order valence-electron chi connectivity index (χ0n) is 6.12. The molecule has 0 spiro atoms. The molecule has 0 bridgehead atoms. The van der Waals surface area contributed by atoms with Crippen molar-refractivity contribution in [3.63, 3.8) is 0 Å². The van der Waals surface area contributed by atoms with E-state index in [0.29, 0.717) is 19.6 Å². The first kappa shape index (κ1) is 9.88. The summed E-state index contributed by atoms with van der Waals surface area (Å²) in [5.41, 5.74) is 0. The van der Waals surface area contributed by atoms with E-state index >= 15 is 0 Å². The van der Waals surface area contributed by atoms with Crippen LogP contribution in [0.2, 0.25) is 0 Å². The standard InChI is InChI=1S/C7H15O3/c1-7(9)3-2-5-10-6-4-8/h7-9H,1-6H2. The van der Waals surface area contributed by atoms with Crippen LogP contribution in [0.25, 0.3) is 0 Å². The van der Waals surface area contributed by atoms with Crippen LogP contribution in [0, 0.1) is 6.92 Å². The van der Waals surface area contributed by atoms with Crippen molar-refractivity contribution in [2.45, 2.75) is 18.9 Å². The van der Waals surface area contributed by atoms with Gasteiger partial charge in [-0.2, -0.15) is 0 Å². The molecule has 0 aromatic heterocycles. The van der Waals surface area contributed by atoms with Crippen LogP contribution in [0.1, 0.15) is 12.8 Å². The van der Waals surface area contributed by atoms with Gasteiger partial charge in [0.05, 0.1) is 19.3 Å². The molecule has 1 radical (unpaired) electrons. The van der Waals surface area contributed by atoms with Crippen LogP contribution in [0.3, 0.4) is 0 Å². The summed E-state index contributed by atoms with van der Waals surface area (Å²) < 4.78 is 4.94. The van der Waals surface area contributed by atoms with E-state index in [-0.39, 0.29) is 6.61 Å². The van der Waals surface area contributed by atoms with Crippen LogP contribution in [-0.2, 0) is 4.74 Å². The second-order valence-corrected chi connectivity index (χ2v) is 2.13. The Kier molecular flexibility index (Phi) is 6.91. The van der Waals surface area contributed by atoms with E-state index in [2.05, 4.69) is 6.92 Å². The van der Waals surface area contributed by atoms with E-state index in [9.17, 15) is 0 Å². The maximum absolute atomic E-state index is 8.69. The van der Waals surface area contributed by atoms with E-state index in [1.807, 2.05) is 0 Å². The third-order valence-electron chi connectivity index (χ3n) is 1.06. The Bertz CT molecular complexity index is 63.9. The number of ether oxygens (including phenoxy) is 1. The first-order valence-electron chi connectivity index (χ1n) is 3.47. The predicted molar refractivity (Wildman–Crippen MR) is 38.5 cm³/mol. The summed E-state index contributed by atoms with van der Waals surface area (Å²) in [5.74, 6) is 0. The van der Waals surface area contributed by atoms with Gasteiger partial charge < -0.3 is 14.9 Å². The molecule has 2 N–H and O–H groups in total. The van der Waals surface area contributed by atoms with Crippen molar-refractivity contribution >= 4 is 0 Å². The molecule has 0 aliphatic heterocycles. The molecule has 0 aliphatic carbocycles. The van der Waals surface area contributed by atoms with Crippen molar-refractivity contribution in [3.05, 3.63) is 6.92 Å². The predicted octanol–water partition coefficient (Wildman–Crippen LogP) is -0.0295. The molecule has 0 rings (SSSR count). The smallest absolute Gasteiger partial charge is 0.0697 e. The minimum Gasteiger partial charge on any atom is -0.394 e. The van der Waals surface area contributed by atoms with Gasteiger partial charge >= 0.3 is 0 Å². The van der Waals surface area contributed by atoms with Crippen LogP contribution < -0.4 is 0 Å². The van der Waals surface area contributed by atoms with E-state index in [0.717, 1.165) is 6.42 Å². The lowest BCUT2D eigenvalue weighted by Crippen LogP contribution is -2.05. The van der Waals surface area contributed by atoms with Crippen molar-refractivity contribution in [2.24, 2.45) is 0 Å². The van der Waals surface area contributed by atoms with Crippen LogP contribution in [0.4, 0.5) is 0 Å². The average molecular weight is 147 g/mol. The van der Waals surface area contributed by atoms with Gasteiger partial charge in [-0.15, -0.1) is 0 Å². The van der Waals surface area contributed by atoms with Crippen molar-refractivity contribution in [3.8, 4) is 0 Å². The lowest BCUT2D eigenvalue weighted by atomic mass is 10.2. The summed E-state index contributed by atoms with van der Waals surface area (Å²) >= 11 is 0. The number of aliphatic hydroxyl groups excluding tert-OH is 2. The van der Waals surface area contributed by atoms with Crippen LogP contribution in [0.5, 0.6) is 0 Å². The molecular formula is C7H15O3. The molecule has 0 amide bonds. The van der Waals surface area contributed by atoms with Gasteiger partial charge in [0, 0.05) is 6.61 Å². The third kappa shape index (κ3) is 7.88. The van der Waals surface area contributed by atoms with Gasteiger partial charge in [-0.25, -0.2) is 0 Å². The highest BCUT2D eigenvalue weighted by atomic mass is 16.5. The first-order valence-corrected chi connectivity index (χ1v) is 3.47. The van der Waals surface area contributed by atoms with Crippen molar-refractivity contribution in [2.75, 3.05) is 19.8 Å². The van der Waals surface area contributed by atoms with E-state index in [1.54, 1.807) is 0 Å². The molecule has 0 aromatic carbocycles. The Balaban J connectivity index is 2.77. The van der Waals surface area contributed by atoms with Crippen LogP contribution in [0.15, 0.2) is 0 Å². The van der Waals surface area contributed by atoms with Gasteiger partial charge in [0.15, 0.2) is 0 Å². The minimum atomic E-state index is -0.488. The topological polar surface area (TPSA) is 49.7 Å². The molecule has 3 heteroatoms. The summed E-state index contributed by atoms with van der Waals surface area (Å²) in [7, 11) is 0. The molecule has 10 heavy (non-hydrogen) atoms. The number of rotatable bonds is 6. The third-order valence-corrected chi connectivity index (χ3v) is 1.06. The zero-order chi connectivity index (χ0) is 7.82. The van der Waals surface area contributed by atoms with Gasteiger partial charge in [0.25, 0.3) is 0 Å². The Morgan fingerprint density at radius 3 is 2.60 bits per heavy atom. The van der Waals surface area contributed by atoms with Gasteiger partial charge in [0.2, 0.25) is 0 Å². The lowest BCUT2D eigenvalue weighted by molar-refractivity contribution is 0.0833. The monoisotopic (exact) mass is 147 g/mol. The zero-order valence-corrected chi connectivity index (χ0v) is 6.12.